The Morgan fingerprint density at radius 2 is 1.71 bits per heavy atom. The van der Waals surface area contributed by atoms with E-state index >= 15 is 0 Å². The first kappa shape index (κ1) is 16.0. The Labute approximate surface area is 125 Å². The summed E-state index contributed by atoms with van der Waals surface area (Å²) in [5, 5.41) is 13.8. The van der Waals surface area contributed by atoms with Crippen molar-refractivity contribution in [2.24, 2.45) is 11.8 Å². The quantitative estimate of drug-likeness (QED) is 0.697. The molecule has 1 aliphatic heterocycles. The van der Waals surface area contributed by atoms with Gasteiger partial charge in [-0.2, -0.15) is 0 Å². The number of aliphatic carboxylic acids is 1. The van der Waals surface area contributed by atoms with E-state index in [1.165, 1.54) is 0 Å². The molecule has 0 aromatic carbocycles. The molecule has 0 unspecified atom stereocenters. The topological polar surface area (TPSA) is 84.9 Å². The summed E-state index contributed by atoms with van der Waals surface area (Å²) in [6.07, 6.45) is 3.21. The summed E-state index contributed by atoms with van der Waals surface area (Å²) in [5.41, 5.74) is 2.87. The lowest BCUT2D eigenvalue weighted by Gasteiger charge is -2.32. The molecule has 1 heterocycles. The molecule has 1 saturated carbocycles. The standard InChI is InChI=1S/C14H26N4O3/c1-17-6-8-18(9-7-17)16-14(21)15-10-11-2-4-12(5-3-11)13(19)20/h11-12H,2-10H2,1H3,(H,19,20)(H2,15,16,21). The normalized spacial score (nSPS) is 28.0. The molecular weight excluding hydrogens is 272 g/mol. The highest BCUT2D eigenvalue weighted by Crippen LogP contribution is 2.28. The summed E-state index contributed by atoms with van der Waals surface area (Å²) in [5.74, 6) is -0.478. The van der Waals surface area contributed by atoms with Crippen LogP contribution in [0.25, 0.3) is 0 Å². The van der Waals surface area contributed by atoms with Crippen LogP contribution in [0.5, 0.6) is 0 Å². The largest absolute Gasteiger partial charge is 0.481 e. The van der Waals surface area contributed by atoms with Crippen molar-refractivity contribution in [1.82, 2.24) is 20.7 Å². The summed E-state index contributed by atoms with van der Waals surface area (Å²) in [6, 6.07) is -0.153. The number of hydrogen-bond acceptors (Lipinski definition) is 4. The van der Waals surface area contributed by atoms with Crippen LogP contribution in [0, 0.1) is 11.8 Å². The van der Waals surface area contributed by atoms with Gasteiger partial charge in [0.1, 0.15) is 0 Å². The van der Waals surface area contributed by atoms with Gasteiger partial charge in [-0.25, -0.2) is 9.80 Å². The van der Waals surface area contributed by atoms with Crippen LogP contribution < -0.4 is 10.7 Å². The van der Waals surface area contributed by atoms with E-state index in [2.05, 4.69) is 22.7 Å². The minimum atomic E-state index is -0.686. The van der Waals surface area contributed by atoms with Crippen molar-refractivity contribution < 1.29 is 14.7 Å². The van der Waals surface area contributed by atoms with Crippen LogP contribution in [-0.4, -0.2) is 66.8 Å². The van der Waals surface area contributed by atoms with Gasteiger partial charge in [0.05, 0.1) is 5.92 Å². The zero-order chi connectivity index (χ0) is 15.2. The van der Waals surface area contributed by atoms with Gasteiger partial charge in [0.25, 0.3) is 0 Å². The number of nitrogens with one attached hydrogen (secondary N) is 2. The Hall–Kier alpha value is -1.34. The Balaban J connectivity index is 1.60. The highest BCUT2D eigenvalue weighted by Gasteiger charge is 2.26. The van der Waals surface area contributed by atoms with Crippen LogP contribution in [0.2, 0.25) is 0 Å². The lowest BCUT2D eigenvalue weighted by Crippen LogP contribution is -2.55. The molecule has 0 atom stereocenters. The molecule has 1 aliphatic carbocycles. The van der Waals surface area contributed by atoms with Crippen LogP contribution in [0.15, 0.2) is 0 Å². The van der Waals surface area contributed by atoms with Crippen LogP contribution in [0.1, 0.15) is 25.7 Å². The lowest BCUT2D eigenvalue weighted by molar-refractivity contribution is -0.143. The number of carboxylic acids is 1. The molecule has 21 heavy (non-hydrogen) atoms. The lowest BCUT2D eigenvalue weighted by atomic mass is 9.82. The fourth-order valence-electron chi connectivity index (χ4n) is 2.95. The monoisotopic (exact) mass is 298 g/mol. The molecule has 0 bridgehead atoms. The summed E-state index contributed by atoms with van der Waals surface area (Å²) in [4.78, 5) is 25.0. The average Bonchev–Trinajstić information content (AvgIpc) is 2.48. The summed E-state index contributed by atoms with van der Waals surface area (Å²) >= 11 is 0. The molecule has 2 rings (SSSR count). The molecule has 7 nitrogen and oxygen atoms in total. The number of hydrazine groups is 1. The van der Waals surface area contributed by atoms with E-state index in [4.69, 9.17) is 5.11 Å². The van der Waals surface area contributed by atoms with Gasteiger partial charge in [-0.1, -0.05) is 0 Å². The molecule has 3 N–H and O–H groups in total. The Morgan fingerprint density at radius 1 is 1.10 bits per heavy atom. The zero-order valence-corrected chi connectivity index (χ0v) is 12.7. The van der Waals surface area contributed by atoms with Crippen molar-refractivity contribution in [3.63, 3.8) is 0 Å². The van der Waals surface area contributed by atoms with Crippen molar-refractivity contribution in [3.05, 3.63) is 0 Å². The summed E-state index contributed by atoms with van der Waals surface area (Å²) in [6.45, 7) is 4.23. The maximum absolute atomic E-state index is 11.8. The first-order valence-corrected chi connectivity index (χ1v) is 7.75. The molecule has 7 heteroatoms. The SMILES string of the molecule is CN1CCN(NC(=O)NCC2CCC(C(=O)O)CC2)CC1. The molecule has 0 aromatic heterocycles. The van der Waals surface area contributed by atoms with Gasteiger partial charge in [0, 0.05) is 32.7 Å². The van der Waals surface area contributed by atoms with Crippen molar-refractivity contribution in [2.45, 2.75) is 25.7 Å². The van der Waals surface area contributed by atoms with E-state index in [0.29, 0.717) is 12.5 Å². The van der Waals surface area contributed by atoms with Crippen LogP contribution in [-0.2, 0) is 4.79 Å². The minimum Gasteiger partial charge on any atom is -0.481 e. The number of piperazine rings is 1. The molecular formula is C14H26N4O3. The summed E-state index contributed by atoms with van der Waals surface area (Å²) < 4.78 is 0. The number of hydrogen-bond donors (Lipinski definition) is 3. The number of likely N-dealkylation sites (N-methyl/N-ethyl adjacent to an activating group) is 1. The van der Waals surface area contributed by atoms with E-state index in [-0.39, 0.29) is 11.9 Å². The number of amides is 2. The van der Waals surface area contributed by atoms with Gasteiger partial charge in [-0.05, 0) is 38.6 Å². The van der Waals surface area contributed by atoms with Crippen molar-refractivity contribution in [1.29, 1.82) is 0 Å². The second kappa shape index (κ2) is 7.61. The van der Waals surface area contributed by atoms with E-state index < -0.39 is 5.97 Å². The summed E-state index contributed by atoms with van der Waals surface area (Å²) in [7, 11) is 2.07. The molecule has 0 spiro atoms. The highest BCUT2D eigenvalue weighted by atomic mass is 16.4. The minimum absolute atomic E-state index is 0.153. The van der Waals surface area contributed by atoms with Crippen molar-refractivity contribution in [3.8, 4) is 0 Å². The predicted octanol–water partition coefficient (Wildman–Crippen LogP) is 0.339. The third-order valence-electron chi connectivity index (χ3n) is 4.51. The maximum atomic E-state index is 11.8. The third kappa shape index (κ3) is 5.17. The number of carboxylic acid groups (broad SMARTS) is 1. The fraction of sp³-hybridized carbons (Fsp3) is 0.857. The van der Waals surface area contributed by atoms with Crippen molar-refractivity contribution in [2.75, 3.05) is 39.8 Å². The number of nitrogens with zero attached hydrogens (tertiary/aromatic N) is 2. The van der Waals surface area contributed by atoms with Gasteiger partial charge in [0.2, 0.25) is 0 Å². The van der Waals surface area contributed by atoms with Gasteiger partial charge >= 0.3 is 12.0 Å². The maximum Gasteiger partial charge on any atom is 0.329 e. The van der Waals surface area contributed by atoms with Crippen LogP contribution in [0.4, 0.5) is 4.79 Å². The van der Waals surface area contributed by atoms with E-state index in [1.807, 2.05) is 5.01 Å². The number of rotatable bonds is 4. The van der Waals surface area contributed by atoms with Crippen LogP contribution >= 0.6 is 0 Å². The molecule has 0 radical (unpaired) electrons. The fourth-order valence-corrected chi connectivity index (χ4v) is 2.95. The second-order valence-corrected chi connectivity index (χ2v) is 6.17. The van der Waals surface area contributed by atoms with E-state index in [1.54, 1.807) is 0 Å². The first-order valence-electron chi connectivity index (χ1n) is 7.75. The van der Waals surface area contributed by atoms with E-state index in [0.717, 1.165) is 51.9 Å². The van der Waals surface area contributed by atoms with Gasteiger partial charge < -0.3 is 15.3 Å². The highest BCUT2D eigenvalue weighted by molar-refractivity contribution is 5.73. The first-order chi connectivity index (χ1) is 10.0. The third-order valence-corrected chi connectivity index (χ3v) is 4.51. The molecule has 120 valence electrons. The number of carbonyl (C=O) groups excluding carboxylic acids is 1. The Kier molecular flexibility index (Phi) is 5.81. The Bertz CT molecular complexity index is 361. The number of carbonyl (C=O) groups is 2. The predicted molar refractivity (Wildman–Crippen MR) is 78.7 cm³/mol. The molecule has 1 saturated heterocycles. The molecule has 0 aromatic rings. The number of urea groups is 1. The zero-order valence-electron chi connectivity index (χ0n) is 12.7. The van der Waals surface area contributed by atoms with Crippen LogP contribution in [0.3, 0.4) is 0 Å². The molecule has 2 aliphatic rings. The van der Waals surface area contributed by atoms with Gasteiger partial charge in [-0.3, -0.25) is 10.2 Å². The molecule has 2 amide bonds. The van der Waals surface area contributed by atoms with Crippen molar-refractivity contribution >= 4 is 12.0 Å². The Morgan fingerprint density at radius 3 is 2.29 bits per heavy atom. The van der Waals surface area contributed by atoms with E-state index in [9.17, 15) is 9.59 Å². The smallest absolute Gasteiger partial charge is 0.329 e. The average molecular weight is 298 g/mol. The van der Waals surface area contributed by atoms with Gasteiger partial charge in [0.15, 0.2) is 0 Å². The second-order valence-electron chi connectivity index (χ2n) is 6.17. The van der Waals surface area contributed by atoms with Gasteiger partial charge in [-0.15, -0.1) is 0 Å². The molecule has 2 fully saturated rings.